The second-order valence-corrected chi connectivity index (χ2v) is 7.16. The SMILES string of the molecule is CSCC(C)C(=O)NCC1COC2(CCC(C)CC2)O1. The Bertz CT molecular complexity index is 329. The predicted molar refractivity (Wildman–Crippen MR) is 81.7 cm³/mol. The Morgan fingerprint density at radius 2 is 2.15 bits per heavy atom. The number of hydrogen-bond acceptors (Lipinski definition) is 4. The molecule has 2 aliphatic rings. The zero-order chi connectivity index (χ0) is 14.6. The Balaban J connectivity index is 1.72. The largest absolute Gasteiger partial charge is 0.353 e. The summed E-state index contributed by atoms with van der Waals surface area (Å²) in [6.07, 6.45) is 6.34. The third-order valence-electron chi connectivity index (χ3n) is 4.32. The van der Waals surface area contributed by atoms with E-state index in [2.05, 4.69) is 12.2 Å². The van der Waals surface area contributed by atoms with Crippen LogP contribution in [0.15, 0.2) is 0 Å². The van der Waals surface area contributed by atoms with E-state index in [4.69, 9.17) is 9.47 Å². The van der Waals surface area contributed by atoms with Gasteiger partial charge in [-0.2, -0.15) is 11.8 Å². The van der Waals surface area contributed by atoms with Crippen LogP contribution in [-0.4, -0.2) is 43.0 Å². The zero-order valence-corrected chi connectivity index (χ0v) is 13.6. The number of carbonyl (C=O) groups excluding carboxylic acids is 1. The maximum absolute atomic E-state index is 11.9. The predicted octanol–water partition coefficient (Wildman–Crippen LogP) is 2.42. The lowest BCUT2D eigenvalue weighted by Crippen LogP contribution is -2.39. The summed E-state index contributed by atoms with van der Waals surface area (Å²) < 4.78 is 12.0. The summed E-state index contributed by atoms with van der Waals surface area (Å²) in [5, 5.41) is 2.98. The number of amides is 1. The summed E-state index contributed by atoms with van der Waals surface area (Å²) in [6.45, 7) is 5.41. The highest BCUT2D eigenvalue weighted by Gasteiger charge is 2.43. The molecule has 2 unspecified atom stereocenters. The van der Waals surface area contributed by atoms with Crippen molar-refractivity contribution in [3.63, 3.8) is 0 Å². The molecule has 0 bridgehead atoms. The third kappa shape index (κ3) is 4.12. The molecule has 116 valence electrons. The van der Waals surface area contributed by atoms with E-state index in [0.717, 1.165) is 24.5 Å². The maximum atomic E-state index is 11.9. The highest BCUT2D eigenvalue weighted by atomic mass is 32.2. The minimum atomic E-state index is -0.354. The minimum absolute atomic E-state index is 0.00818. The molecule has 1 saturated carbocycles. The zero-order valence-electron chi connectivity index (χ0n) is 12.8. The molecule has 2 fully saturated rings. The summed E-state index contributed by atoms with van der Waals surface area (Å²) >= 11 is 1.70. The van der Waals surface area contributed by atoms with E-state index in [9.17, 15) is 4.79 Å². The Labute approximate surface area is 126 Å². The van der Waals surface area contributed by atoms with E-state index in [1.807, 2.05) is 13.2 Å². The van der Waals surface area contributed by atoms with Gasteiger partial charge in [0.2, 0.25) is 5.91 Å². The molecule has 0 aromatic carbocycles. The van der Waals surface area contributed by atoms with Crippen LogP contribution < -0.4 is 5.32 Å². The van der Waals surface area contributed by atoms with Gasteiger partial charge in [0, 0.05) is 31.1 Å². The van der Waals surface area contributed by atoms with Gasteiger partial charge >= 0.3 is 0 Å². The van der Waals surface area contributed by atoms with Crippen molar-refractivity contribution in [3.8, 4) is 0 Å². The quantitative estimate of drug-likeness (QED) is 0.847. The van der Waals surface area contributed by atoms with Crippen molar-refractivity contribution < 1.29 is 14.3 Å². The van der Waals surface area contributed by atoms with Gasteiger partial charge in [-0.05, 0) is 25.0 Å². The van der Waals surface area contributed by atoms with Crippen LogP contribution in [0.2, 0.25) is 0 Å². The van der Waals surface area contributed by atoms with Crippen LogP contribution >= 0.6 is 11.8 Å². The first-order valence-electron chi connectivity index (χ1n) is 7.63. The fraction of sp³-hybridized carbons (Fsp3) is 0.933. The molecule has 1 spiro atoms. The average Bonchev–Trinajstić information content (AvgIpc) is 2.83. The van der Waals surface area contributed by atoms with Crippen LogP contribution in [0, 0.1) is 11.8 Å². The smallest absolute Gasteiger partial charge is 0.223 e. The lowest BCUT2D eigenvalue weighted by atomic mass is 9.86. The lowest BCUT2D eigenvalue weighted by molar-refractivity contribution is -0.191. The molecule has 4 nitrogen and oxygen atoms in total. The standard InChI is InChI=1S/C15H27NO3S/c1-11-4-6-15(7-5-11)18-9-13(19-15)8-16-14(17)12(2)10-20-3/h11-13H,4-10H2,1-3H3,(H,16,17). The van der Waals surface area contributed by atoms with E-state index in [1.165, 1.54) is 12.8 Å². The van der Waals surface area contributed by atoms with Crippen LogP contribution in [-0.2, 0) is 14.3 Å². The van der Waals surface area contributed by atoms with Crippen LogP contribution in [0.4, 0.5) is 0 Å². The normalized spacial score (nSPS) is 35.1. The average molecular weight is 301 g/mol. The van der Waals surface area contributed by atoms with Crippen LogP contribution in [0.1, 0.15) is 39.5 Å². The van der Waals surface area contributed by atoms with Crippen molar-refractivity contribution in [2.45, 2.75) is 51.4 Å². The van der Waals surface area contributed by atoms with Gasteiger partial charge in [-0.25, -0.2) is 0 Å². The summed E-state index contributed by atoms with van der Waals surface area (Å²) in [4.78, 5) is 11.9. The number of ether oxygens (including phenoxy) is 2. The molecule has 1 aliphatic carbocycles. The Kier molecular flexibility index (Phi) is 5.75. The Hall–Kier alpha value is -0.260. The van der Waals surface area contributed by atoms with Crippen molar-refractivity contribution in [1.29, 1.82) is 0 Å². The molecule has 20 heavy (non-hydrogen) atoms. The van der Waals surface area contributed by atoms with Gasteiger partial charge in [0.05, 0.1) is 6.61 Å². The van der Waals surface area contributed by atoms with Gasteiger partial charge in [-0.15, -0.1) is 0 Å². The molecular formula is C15H27NO3S. The molecule has 2 rings (SSSR count). The molecule has 2 atom stereocenters. The molecule has 1 N–H and O–H groups in total. The van der Waals surface area contributed by atoms with Crippen LogP contribution in [0.5, 0.6) is 0 Å². The third-order valence-corrected chi connectivity index (χ3v) is 5.15. The highest BCUT2D eigenvalue weighted by Crippen LogP contribution is 2.39. The molecule has 1 aliphatic heterocycles. The Morgan fingerprint density at radius 1 is 1.45 bits per heavy atom. The van der Waals surface area contributed by atoms with Crippen LogP contribution in [0.3, 0.4) is 0 Å². The molecule has 5 heteroatoms. The van der Waals surface area contributed by atoms with E-state index < -0.39 is 0 Å². The van der Waals surface area contributed by atoms with Gasteiger partial charge in [0.25, 0.3) is 0 Å². The molecule has 0 aromatic rings. The van der Waals surface area contributed by atoms with Crippen molar-refractivity contribution >= 4 is 17.7 Å². The van der Waals surface area contributed by atoms with Gasteiger partial charge in [-0.3, -0.25) is 4.79 Å². The van der Waals surface area contributed by atoms with E-state index >= 15 is 0 Å². The molecule has 1 heterocycles. The van der Waals surface area contributed by atoms with Gasteiger partial charge in [0.1, 0.15) is 6.10 Å². The number of hydrogen-bond donors (Lipinski definition) is 1. The Morgan fingerprint density at radius 3 is 2.80 bits per heavy atom. The van der Waals surface area contributed by atoms with E-state index in [0.29, 0.717) is 13.2 Å². The van der Waals surface area contributed by atoms with Gasteiger partial charge in [0.15, 0.2) is 5.79 Å². The van der Waals surface area contributed by atoms with Crippen molar-refractivity contribution in [3.05, 3.63) is 0 Å². The fourth-order valence-corrected chi connectivity index (χ4v) is 3.55. The monoisotopic (exact) mass is 301 g/mol. The summed E-state index contributed by atoms with van der Waals surface area (Å²) in [5.41, 5.74) is 0. The molecule has 0 aromatic heterocycles. The van der Waals surface area contributed by atoms with Gasteiger partial charge in [-0.1, -0.05) is 13.8 Å². The number of rotatable bonds is 5. The number of nitrogens with one attached hydrogen (secondary N) is 1. The minimum Gasteiger partial charge on any atom is -0.353 e. The summed E-state index contributed by atoms with van der Waals surface area (Å²) in [7, 11) is 0. The van der Waals surface area contributed by atoms with Crippen LogP contribution in [0.25, 0.3) is 0 Å². The van der Waals surface area contributed by atoms with Gasteiger partial charge < -0.3 is 14.8 Å². The first-order valence-corrected chi connectivity index (χ1v) is 9.02. The molecule has 0 radical (unpaired) electrons. The van der Waals surface area contributed by atoms with E-state index in [-0.39, 0.29) is 23.7 Å². The maximum Gasteiger partial charge on any atom is 0.223 e. The topological polar surface area (TPSA) is 47.6 Å². The summed E-state index contributed by atoms with van der Waals surface area (Å²) in [5.74, 6) is 1.44. The molecule has 1 amide bonds. The van der Waals surface area contributed by atoms with Crippen molar-refractivity contribution in [1.82, 2.24) is 5.32 Å². The highest BCUT2D eigenvalue weighted by molar-refractivity contribution is 7.98. The van der Waals surface area contributed by atoms with E-state index in [1.54, 1.807) is 11.8 Å². The summed E-state index contributed by atoms with van der Waals surface area (Å²) in [6, 6.07) is 0. The van der Waals surface area contributed by atoms with Crippen molar-refractivity contribution in [2.75, 3.05) is 25.2 Å². The fourth-order valence-electron chi connectivity index (χ4n) is 2.90. The molecular weight excluding hydrogens is 274 g/mol. The first-order chi connectivity index (χ1) is 9.54. The second kappa shape index (κ2) is 7.14. The molecule has 1 saturated heterocycles. The first kappa shape index (κ1) is 16.1. The second-order valence-electron chi connectivity index (χ2n) is 6.25. The lowest BCUT2D eigenvalue weighted by Gasteiger charge is -2.34. The number of thioether (sulfide) groups is 1. The number of carbonyl (C=O) groups is 1. The van der Waals surface area contributed by atoms with Crippen molar-refractivity contribution in [2.24, 2.45) is 11.8 Å².